The second-order valence-corrected chi connectivity index (χ2v) is 10.9. The number of allylic oxidation sites excluding steroid dienone is 2. The zero-order chi connectivity index (χ0) is 22.2. The van der Waals surface area contributed by atoms with Crippen molar-refractivity contribution in [2.45, 2.75) is 65.3 Å². The average Bonchev–Trinajstić information content (AvgIpc) is 3.13. The van der Waals surface area contributed by atoms with Crippen molar-refractivity contribution in [1.29, 1.82) is 0 Å². The summed E-state index contributed by atoms with van der Waals surface area (Å²) in [6.45, 7) is 6.82. The molecule has 1 amide bonds. The number of thiophene rings is 1. The highest BCUT2D eigenvalue weighted by Crippen LogP contribution is 2.62. The molecule has 0 spiro atoms. The molecule has 1 heterocycles. The van der Waals surface area contributed by atoms with E-state index in [1.54, 1.807) is 11.3 Å². The van der Waals surface area contributed by atoms with Crippen molar-refractivity contribution in [1.82, 2.24) is 5.32 Å². The molecule has 2 aromatic rings. The van der Waals surface area contributed by atoms with Gasteiger partial charge in [0.25, 0.3) is 5.91 Å². The molecule has 1 aromatic heterocycles. The van der Waals surface area contributed by atoms with E-state index in [0.717, 1.165) is 34.9 Å². The van der Waals surface area contributed by atoms with Gasteiger partial charge in [0.15, 0.2) is 0 Å². The smallest absolute Gasteiger partial charge is 0.303 e. The summed E-state index contributed by atoms with van der Waals surface area (Å²) >= 11 is 1.63. The van der Waals surface area contributed by atoms with Crippen molar-refractivity contribution in [2.24, 2.45) is 23.2 Å². The van der Waals surface area contributed by atoms with Gasteiger partial charge in [-0.15, -0.1) is 11.3 Å². The molecule has 0 radical (unpaired) electrons. The Bertz CT molecular complexity index is 1010. The van der Waals surface area contributed by atoms with Crippen LogP contribution in [0, 0.1) is 30.1 Å². The second kappa shape index (κ2) is 8.78. The average molecular weight is 440 g/mol. The van der Waals surface area contributed by atoms with E-state index < -0.39 is 5.97 Å². The van der Waals surface area contributed by atoms with Crippen molar-refractivity contribution >= 4 is 33.3 Å². The van der Waals surface area contributed by atoms with Crippen molar-refractivity contribution in [3.8, 4) is 0 Å². The quantitative estimate of drug-likeness (QED) is 0.381. The van der Waals surface area contributed by atoms with Crippen molar-refractivity contribution in [3.63, 3.8) is 0 Å². The first-order chi connectivity index (χ1) is 14.8. The number of carbonyl (C=O) groups is 2. The van der Waals surface area contributed by atoms with Gasteiger partial charge in [-0.2, -0.15) is 0 Å². The molecule has 166 valence electrons. The van der Waals surface area contributed by atoms with Crippen LogP contribution in [0.2, 0.25) is 0 Å². The van der Waals surface area contributed by atoms with Crippen LogP contribution in [0.15, 0.2) is 35.7 Å². The molecular formula is C26H33NO3S. The molecule has 3 aliphatic rings. The maximum absolute atomic E-state index is 13.2. The molecule has 2 N–H and O–H groups in total. The van der Waals surface area contributed by atoms with Crippen molar-refractivity contribution in [3.05, 3.63) is 46.9 Å². The minimum absolute atomic E-state index is 0.0522. The zero-order valence-electron chi connectivity index (χ0n) is 18.7. The topological polar surface area (TPSA) is 66.4 Å². The van der Waals surface area contributed by atoms with Crippen LogP contribution >= 0.6 is 11.3 Å². The predicted molar refractivity (Wildman–Crippen MR) is 127 cm³/mol. The summed E-state index contributed by atoms with van der Waals surface area (Å²) in [6, 6.07) is 6.51. The summed E-state index contributed by atoms with van der Waals surface area (Å²) in [4.78, 5) is 23.9. The van der Waals surface area contributed by atoms with Crippen LogP contribution < -0.4 is 5.32 Å². The fraction of sp³-hybridized carbons (Fsp3) is 0.538. The van der Waals surface area contributed by atoms with Gasteiger partial charge >= 0.3 is 5.97 Å². The Morgan fingerprint density at radius 2 is 2.06 bits per heavy atom. The SMILES string of the molecule is Cc1ccc2scc(C(=O)N[C@@H]3C[C@H]4C[C@@H]([C@H]3CC=CCCCC(=O)O)C4(C)C)c2c1. The van der Waals surface area contributed by atoms with E-state index in [1.807, 2.05) is 5.38 Å². The number of carboxylic acids is 1. The summed E-state index contributed by atoms with van der Waals surface area (Å²) in [5.74, 6) is 1.06. The normalized spacial score (nSPS) is 26.7. The third-order valence-electron chi connectivity index (χ3n) is 7.74. The summed E-state index contributed by atoms with van der Waals surface area (Å²) in [5, 5.41) is 15.2. The van der Waals surface area contributed by atoms with Gasteiger partial charge in [0, 0.05) is 27.9 Å². The monoisotopic (exact) mass is 439 g/mol. The molecule has 31 heavy (non-hydrogen) atoms. The molecule has 2 bridgehead atoms. The van der Waals surface area contributed by atoms with E-state index in [-0.39, 0.29) is 18.4 Å². The fourth-order valence-corrected chi connectivity index (χ4v) is 6.67. The Balaban J connectivity index is 1.45. The first kappa shape index (κ1) is 22.1. The molecule has 3 fully saturated rings. The van der Waals surface area contributed by atoms with Crippen LogP contribution in [0.3, 0.4) is 0 Å². The summed E-state index contributed by atoms with van der Waals surface area (Å²) in [5.41, 5.74) is 2.31. The Labute approximate surface area is 188 Å². The van der Waals surface area contributed by atoms with E-state index in [4.69, 9.17) is 5.11 Å². The molecule has 5 rings (SSSR count). The highest BCUT2D eigenvalue weighted by molar-refractivity contribution is 7.17. The summed E-state index contributed by atoms with van der Waals surface area (Å²) in [7, 11) is 0. The van der Waals surface area contributed by atoms with E-state index in [0.29, 0.717) is 29.6 Å². The van der Waals surface area contributed by atoms with Gasteiger partial charge in [0.1, 0.15) is 0 Å². The van der Waals surface area contributed by atoms with Crippen LogP contribution in [0.4, 0.5) is 0 Å². The number of aryl methyl sites for hydroxylation is 1. The first-order valence-electron chi connectivity index (χ1n) is 11.4. The Hall–Kier alpha value is -2.14. The predicted octanol–water partition coefficient (Wildman–Crippen LogP) is 6.19. The second-order valence-electron chi connectivity index (χ2n) is 9.98. The lowest BCUT2D eigenvalue weighted by Crippen LogP contribution is -2.61. The number of carboxylic acid groups (broad SMARTS) is 1. The van der Waals surface area contributed by atoms with E-state index in [2.05, 4.69) is 56.4 Å². The summed E-state index contributed by atoms with van der Waals surface area (Å²) < 4.78 is 1.16. The van der Waals surface area contributed by atoms with Crippen molar-refractivity contribution < 1.29 is 14.7 Å². The third kappa shape index (κ3) is 4.43. The zero-order valence-corrected chi connectivity index (χ0v) is 19.5. The Kier molecular flexibility index (Phi) is 6.25. The number of amides is 1. The number of nitrogens with one attached hydrogen (secondary N) is 1. The molecule has 0 aliphatic heterocycles. The number of rotatable bonds is 8. The maximum Gasteiger partial charge on any atom is 0.303 e. The molecule has 5 heteroatoms. The molecular weight excluding hydrogens is 406 g/mol. The number of benzene rings is 1. The largest absolute Gasteiger partial charge is 0.481 e. The Morgan fingerprint density at radius 3 is 2.81 bits per heavy atom. The molecule has 3 aliphatic carbocycles. The molecule has 3 saturated carbocycles. The number of fused-ring (bicyclic) bond motifs is 3. The lowest BCUT2D eigenvalue weighted by atomic mass is 9.44. The van der Waals surface area contributed by atoms with E-state index in [9.17, 15) is 9.59 Å². The van der Waals surface area contributed by atoms with Crippen LogP contribution in [-0.2, 0) is 4.79 Å². The van der Waals surface area contributed by atoms with E-state index in [1.165, 1.54) is 12.0 Å². The number of hydrogen-bond acceptors (Lipinski definition) is 3. The fourth-order valence-electron chi connectivity index (χ4n) is 5.75. The van der Waals surface area contributed by atoms with Gasteiger partial charge in [-0.25, -0.2) is 0 Å². The van der Waals surface area contributed by atoms with Gasteiger partial charge in [-0.3, -0.25) is 9.59 Å². The number of hydrogen-bond donors (Lipinski definition) is 2. The number of carbonyl (C=O) groups excluding carboxylic acids is 1. The lowest BCUT2D eigenvalue weighted by Gasteiger charge is -2.62. The van der Waals surface area contributed by atoms with Gasteiger partial charge in [0.2, 0.25) is 0 Å². The molecule has 0 saturated heterocycles. The van der Waals surface area contributed by atoms with Gasteiger partial charge in [-0.1, -0.05) is 37.6 Å². The van der Waals surface area contributed by atoms with Gasteiger partial charge in [-0.05, 0) is 74.3 Å². The Morgan fingerprint density at radius 1 is 1.26 bits per heavy atom. The van der Waals surface area contributed by atoms with Crippen LogP contribution in [0.25, 0.3) is 10.1 Å². The minimum Gasteiger partial charge on any atom is -0.481 e. The van der Waals surface area contributed by atoms with Crippen molar-refractivity contribution in [2.75, 3.05) is 0 Å². The number of unbranched alkanes of at least 4 members (excludes halogenated alkanes) is 1. The summed E-state index contributed by atoms with van der Waals surface area (Å²) in [6.07, 6.45) is 9.29. The highest BCUT2D eigenvalue weighted by Gasteiger charge is 2.57. The third-order valence-corrected chi connectivity index (χ3v) is 8.71. The molecule has 4 nitrogen and oxygen atoms in total. The molecule has 1 aromatic carbocycles. The van der Waals surface area contributed by atoms with E-state index >= 15 is 0 Å². The van der Waals surface area contributed by atoms with Crippen LogP contribution in [-0.4, -0.2) is 23.0 Å². The molecule has 0 unspecified atom stereocenters. The number of aliphatic carboxylic acids is 1. The maximum atomic E-state index is 13.2. The minimum atomic E-state index is -0.734. The first-order valence-corrected chi connectivity index (χ1v) is 12.3. The van der Waals surface area contributed by atoms with Crippen LogP contribution in [0.5, 0.6) is 0 Å². The van der Waals surface area contributed by atoms with Gasteiger partial charge < -0.3 is 10.4 Å². The van der Waals surface area contributed by atoms with Gasteiger partial charge in [0.05, 0.1) is 5.56 Å². The van der Waals surface area contributed by atoms with Crippen LogP contribution in [0.1, 0.15) is 68.3 Å². The standard InChI is InChI=1S/C26H33NO3S/c1-16-10-11-23-19(12-16)20(15-31-23)25(30)27-22-14-17-13-21(26(17,2)3)18(22)8-6-4-5-7-9-24(28)29/h4,6,10-12,15,17-18,21-22H,5,7-9,13-14H2,1-3H3,(H,27,30)(H,28,29)/t17-,18-,21+,22-/m1/s1. The molecule has 4 atom stereocenters. The highest BCUT2D eigenvalue weighted by atomic mass is 32.1. The lowest BCUT2D eigenvalue weighted by molar-refractivity contribution is -0.137.